The molecule has 0 atom stereocenters. The predicted octanol–water partition coefficient (Wildman–Crippen LogP) is 4.77. The number of benzene rings is 1. The molecule has 1 rings (SSSR count). The second-order valence-corrected chi connectivity index (χ2v) is 13.2. The number of hydrogen-bond donors (Lipinski definition) is 0. The lowest BCUT2D eigenvalue weighted by atomic mass is 9.87. The third-order valence-electron chi connectivity index (χ3n) is 7.10. The zero-order valence-corrected chi connectivity index (χ0v) is 34.3. The molecule has 0 fully saturated rings. The zero-order chi connectivity index (χ0) is 37.4. The fraction of sp³-hybridized carbons (Fsp3) is 0.706. The molecule has 0 aliphatic carbocycles. The summed E-state index contributed by atoms with van der Waals surface area (Å²) in [6.45, 7) is 13.3. The second-order valence-electron chi connectivity index (χ2n) is 10.9. The summed E-state index contributed by atoms with van der Waals surface area (Å²) in [4.78, 5) is 49.3. The molecule has 286 valence electrons. The number of halogens is 2. The standard InChI is InChI=1S/C34H52I2O14/c1-7-45-29(37)33(5,30(38)46-8-2)11-13-41-15-17-43-19-21-49-27-23-26(36)28(24-25(27)35)50-22-20-44-18-16-42-14-12-34(6,31(39)47-9-3)32(40)48-10-4/h23-24H,7-22H2,1-6H3. The largest absolute Gasteiger partial charge is 0.490 e. The second kappa shape index (κ2) is 25.9. The average Bonchev–Trinajstić information content (AvgIpc) is 3.08. The molecule has 0 radical (unpaired) electrons. The van der Waals surface area contributed by atoms with Gasteiger partial charge in [0.15, 0.2) is 10.8 Å². The van der Waals surface area contributed by atoms with E-state index in [1.165, 1.54) is 13.8 Å². The van der Waals surface area contributed by atoms with Crippen LogP contribution in [0.15, 0.2) is 12.1 Å². The molecule has 0 bridgehead atoms. The van der Waals surface area contributed by atoms with Gasteiger partial charge >= 0.3 is 23.9 Å². The number of carbonyl (C=O) groups is 4. The highest BCUT2D eigenvalue weighted by atomic mass is 127. The molecule has 1 aromatic rings. The minimum absolute atomic E-state index is 0.133. The maximum absolute atomic E-state index is 12.3. The van der Waals surface area contributed by atoms with Crippen molar-refractivity contribution in [3.8, 4) is 11.5 Å². The highest BCUT2D eigenvalue weighted by Crippen LogP contribution is 2.31. The van der Waals surface area contributed by atoms with Crippen molar-refractivity contribution in [2.24, 2.45) is 10.8 Å². The molecule has 0 heterocycles. The molecule has 0 aliphatic heterocycles. The van der Waals surface area contributed by atoms with Crippen LogP contribution in [0, 0.1) is 18.0 Å². The first-order valence-corrected chi connectivity index (χ1v) is 18.8. The van der Waals surface area contributed by atoms with Crippen LogP contribution >= 0.6 is 45.2 Å². The topological polar surface area (TPSA) is 161 Å². The molecular weight excluding hydrogens is 886 g/mol. The van der Waals surface area contributed by atoms with Crippen molar-refractivity contribution in [1.29, 1.82) is 0 Å². The van der Waals surface area contributed by atoms with Gasteiger partial charge in [-0.1, -0.05) is 0 Å². The third kappa shape index (κ3) is 16.1. The van der Waals surface area contributed by atoms with Gasteiger partial charge in [0.2, 0.25) is 0 Å². The Morgan fingerprint density at radius 1 is 0.480 bits per heavy atom. The van der Waals surface area contributed by atoms with Gasteiger partial charge in [0.25, 0.3) is 0 Å². The molecule has 0 N–H and O–H groups in total. The van der Waals surface area contributed by atoms with Crippen molar-refractivity contribution in [2.45, 2.75) is 54.4 Å². The highest BCUT2D eigenvalue weighted by Gasteiger charge is 2.44. The predicted molar refractivity (Wildman–Crippen MR) is 198 cm³/mol. The molecular formula is C34H52I2O14. The first-order chi connectivity index (χ1) is 23.9. The van der Waals surface area contributed by atoms with Gasteiger partial charge in [0, 0.05) is 13.2 Å². The Labute approximate surface area is 322 Å². The van der Waals surface area contributed by atoms with Crippen molar-refractivity contribution in [1.82, 2.24) is 0 Å². The van der Waals surface area contributed by atoms with E-state index in [1.54, 1.807) is 27.7 Å². The summed E-state index contributed by atoms with van der Waals surface area (Å²) in [5, 5.41) is 0. The maximum Gasteiger partial charge on any atom is 0.323 e. The molecule has 1 aromatic carbocycles. The third-order valence-corrected chi connectivity index (χ3v) is 8.78. The van der Waals surface area contributed by atoms with Crippen LogP contribution in [0.5, 0.6) is 11.5 Å². The van der Waals surface area contributed by atoms with Crippen molar-refractivity contribution in [3.63, 3.8) is 0 Å². The summed E-state index contributed by atoms with van der Waals surface area (Å²) >= 11 is 4.36. The lowest BCUT2D eigenvalue weighted by Gasteiger charge is -2.24. The van der Waals surface area contributed by atoms with Crippen molar-refractivity contribution in [3.05, 3.63) is 19.3 Å². The van der Waals surface area contributed by atoms with Gasteiger partial charge in [-0.05, 0) is 112 Å². The van der Waals surface area contributed by atoms with Crippen molar-refractivity contribution in [2.75, 3.05) is 92.5 Å². The molecule has 0 aliphatic rings. The van der Waals surface area contributed by atoms with E-state index in [0.29, 0.717) is 51.1 Å². The van der Waals surface area contributed by atoms with Gasteiger partial charge < -0.3 is 47.4 Å². The van der Waals surface area contributed by atoms with E-state index in [2.05, 4.69) is 45.2 Å². The molecule has 0 aromatic heterocycles. The monoisotopic (exact) mass is 938 g/mol. The molecule has 0 saturated heterocycles. The first kappa shape index (κ1) is 46.0. The van der Waals surface area contributed by atoms with Crippen LogP contribution in [-0.2, 0) is 57.1 Å². The zero-order valence-electron chi connectivity index (χ0n) is 29.9. The van der Waals surface area contributed by atoms with E-state index in [4.69, 9.17) is 47.4 Å². The van der Waals surface area contributed by atoms with Crippen LogP contribution in [0.3, 0.4) is 0 Å². The quantitative estimate of drug-likeness (QED) is 0.0372. The van der Waals surface area contributed by atoms with Crippen LogP contribution in [0.4, 0.5) is 0 Å². The molecule has 16 heteroatoms. The maximum atomic E-state index is 12.3. The van der Waals surface area contributed by atoms with Crippen LogP contribution in [0.2, 0.25) is 0 Å². The number of hydrogen-bond acceptors (Lipinski definition) is 14. The van der Waals surface area contributed by atoms with Gasteiger partial charge in [-0.15, -0.1) is 0 Å². The highest BCUT2D eigenvalue weighted by molar-refractivity contribution is 14.1. The first-order valence-electron chi connectivity index (χ1n) is 16.7. The number of esters is 4. The SMILES string of the molecule is CCOC(=O)C(C)(CCOCCOCCOc1cc(I)c(OCCOCCOCCC(C)(C(=O)OCC)C(=O)OCC)cc1I)C(=O)OCC. The van der Waals surface area contributed by atoms with E-state index in [-0.39, 0.29) is 65.7 Å². The Bertz CT molecular complexity index is 1050. The Hall–Kier alpha value is -2.00. The van der Waals surface area contributed by atoms with E-state index in [9.17, 15) is 19.2 Å². The fourth-order valence-corrected chi connectivity index (χ4v) is 5.27. The molecule has 0 saturated carbocycles. The Morgan fingerprint density at radius 2 is 0.740 bits per heavy atom. The summed E-state index contributed by atoms with van der Waals surface area (Å²) in [5.74, 6) is -1.11. The molecule has 14 nitrogen and oxygen atoms in total. The summed E-state index contributed by atoms with van der Waals surface area (Å²) < 4.78 is 56.0. The minimum atomic E-state index is -1.42. The van der Waals surface area contributed by atoms with Gasteiger partial charge in [-0.3, -0.25) is 19.2 Å². The summed E-state index contributed by atoms with van der Waals surface area (Å²) in [5.41, 5.74) is -2.85. The Balaban J connectivity index is 2.29. The number of carbonyl (C=O) groups excluding carboxylic acids is 4. The van der Waals surface area contributed by atoms with Gasteiger partial charge in [0.05, 0.1) is 73.2 Å². The molecule has 50 heavy (non-hydrogen) atoms. The van der Waals surface area contributed by atoms with Crippen molar-refractivity contribution < 1.29 is 66.5 Å². The smallest absolute Gasteiger partial charge is 0.323 e. The van der Waals surface area contributed by atoms with Crippen LogP contribution < -0.4 is 9.47 Å². The fourth-order valence-electron chi connectivity index (χ4n) is 4.09. The van der Waals surface area contributed by atoms with Crippen LogP contribution in [-0.4, -0.2) is 116 Å². The lowest BCUT2D eigenvalue weighted by molar-refractivity contribution is -0.173. The Kier molecular flexibility index (Phi) is 23.8. The normalized spacial score (nSPS) is 11.5. The summed E-state index contributed by atoms with van der Waals surface area (Å²) in [6, 6.07) is 3.78. The van der Waals surface area contributed by atoms with E-state index in [1.807, 2.05) is 12.1 Å². The van der Waals surface area contributed by atoms with Crippen LogP contribution in [0.25, 0.3) is 0 Å². The number of rotatable bonds is 28. The van der Waals surface area contributed by atoms with Crippen LogP contribution in [0.1, 0.15) is 54.4 Å². The lowest BCUT2D eigenvalue weighted by Crippen LogP contribution is -2.40. The van der Waals surface area contributed by atoms with E-state index >= 15 is 0 Å². The molecule has 0 unspecified atom stereocenters. The average molecular weight is 939 g/mol. The van der Waals surface area contributed by atoms with Gasteiger partial charge in [-0.2, -0.15) is 0 Å². The van der Waals surface area contributed by atoms with Crippen molar-refractivity contribution >= 4 is 69.1 Å². The number of ether oxygens (including phenoxy) is 10. The van der Waals surface area contributed by atoms with E-state index < -0.39 is 34.7 Å². The van der Waals surface area contributed by atoms with Gasteiger partial charge in [0.1, 0.15) is 24.7 Å². The summed E-state index contributed by atoms with van der Waals surface area (Å²) in [6.07, 6.45) is 0.266. The van der Waals surface area contributed by atoms with Gasteiger partial charge in [-0.25, -0.2) is 0 Å². The molecule has 0 spiro atoms. The Morgan fingerprint density at radius 3 is 1.02 bits per heavy atom. The summed E-state index contributed by atoms with van der Waals surface area (Å²) in [7, 11) is 0. The molecule has 0 amide bonds. The van der Waals surface area contributed by atoms with E-state index in [0.717, 1.165) is 7.14 Å². The minimum Gasteiger partial charge on any atom is -0.490 e.